The summed E-state index contributed by atoms with van der Waals surface area (Å²) in [6.07, 6.45) is 12.6. The number of benzene rings is 2. The lowest BCUT2D eigenvalue weighted by Crippen LogP contribution is -2.08. The molecule has 2 aliphatic heterocycles. The Morgan fingerprint density at radius 1 is 0.556 bits per heavy atom. The molecule has 0 aliphatic carbocycles. The van der Waals surface area contributed by atoms with Crippen LogP contribution in [0.4, 0.5) is 0 Å². The Morgan fingerprint density at radius 2 is 1.00 bits per heavy atom. The maximum Gasteiger partial charge on any atom is 0.0829 e. The highest BCUT2D eigenvalue weighted by molar-refractivity contribution is 5.19. The highest BCUT2D eigenvalue weighted by atomic mass is 16.5. The fourth-order valence-corrected chi connectivity index (χ4v) is 4.58. The summed E-state index contributed by atoms with van der Waals surface area (Å²) in [5.74, 6) is 0. The molecule has 2 nitrogen and oxygen atoms in total. The zero-order valence-electron chi connectivity index (χ0n) is 16.3. The molecule has 2 fully saturated rings. The largest absolute Gasteiger partial charge is 0.370 e. The fourth-order valence-electron chi connectivity index (χ4n) is 4.58. The number of unbranched alkanes of at least 4 members (excludes halogenated alkanes) is 2. The molecule has 4 unspecified atom stereocenters. The molecule has 0 bridgehead atoms. The Balaban J connectivity index is 1.09. The Hall–Kier alpha value is -1.64. The zero-order chi connectivity index (χ0) is 18.3. The molecule has 0 amide bonds. The molecule has 2 aliphatic rings. The van der Waals surface area contributed by atoms with Gasteiger partial charge in [-0.05, 0) is 49.7 Å². The van der Waals surface area contributed by atoms with Gasteiger partial charge in [-0.3, -0.25) is 0 Å². The third-order valence-electron chi connectivity index (χ3n) is 6.11. The molecule has 4 atom stereocenters. The van der Waals surface area contributed by atoms with Crippen LogP contribution in [-0.2, 0) is 9.47 Å². The molecule has 0 spiro atoms. The van der Waals surface area contributed by atoms with Gasteiger partial charge in [0, 0.05) is 0 Å². The summed E-state index contributed by atoms with van der Waals surface area (Å²) >= 11 is 0. The molecule has 144 valence electrons. The fraction of sp³-hybridized carbons (Fsp3) is 0.520. The van der Waals surface area contributed by atoms with E-state index in [2.05, 4.69) is 60.7 Å². The van der Waals surface area contributed by atoms with Crippen LogP contribution < -0.4 is 0 Å². The van der Waals surface area contributed by atoms with Crippen molar-refractivity contribution < 1.29 is 9.47 Å². The van der Waals surface area contributed by atoms with Gasteiger partial charge in [-0.2, -0.15) is 0 Å². The first kappa shape index (κ1) is 18.7. The molecule has 4 rings (SSSR count). The lowest BCUT2D eigenvalue weighted by molar-refractivity contribution is 0.0346. The minimum absolute atomic E-state index is 0.318. The third kappa shape index (κ3) is 5.21. The SMILES string of the molecule is c1ccc(C2CCC(CCCCCC3CCC(c4ccccc4)O3)O2)cc1. The Labute approximate surface area is 163 Å². The van der Waals surface area contributed by atoms with Gasteiger partial charge in [0.05, 0.1) is 24.4 Å². The molecule has 0 aromatic heterocycles. The molecule has 2 aromatic rings. The van der Waals surface area contributed by atoms with E-state index in [9.17, 15) is 0 Å². The standard InChI is InChI=1S/C25H32O2/c1-4-10-20(11-5-1)24-18-16-22(26-24)14-8-3-9-15-23-17-19-25(27-23)21-12-6-2-7-13-21/h1-2,4-7,10-13,22-25H,3,8-9,14-19H2. The van der Waals surface area contributed by atoms with Gasteiger partial charge < -0.3 is 9.47 Å². The van der Waals surface area contributed by atoms with Crippen LogP contribution in [0.1, 0.15) is 81.1 Å². The zero-order valence-corrected chi connectivity index (χ0v) is 16.3. The maximum atomic E-state index is 6.27. The van der Waals surface area contributed by atoms with Gasteiger partial charge in [-0.1, -0.05) is 79.9 Å². The van der Waals surface area contributed by atoms with Crippen LogP contribution in [0.5, 0.6) is 0 Å². The predicted molar refractivity (Wildman–Crippen MR) is 110 cm³/mol. The minimum Gasteiger partial charge on any atom is -0.370 e. The number of hydrogen-bond donors (Lipinski definition) is 0. The highest BCUT2D eigenvalue weighted by Gasteiger charge is 2.27. The smallest absolute Gasteiger partial charge is 0.0829 e. The molecule has 2 saturated heterocycles. The molecule has 0 N–H and O–H groups in total. The molecule has 0 radical (unpaired) electrons. The minimum atomic E-state index is 0.318. The average molecular weight is 365 g/mol. The van der Waals surface area contributed by atoms with Gasteiger partial charge in [-0.25, -0.2) is 0 Å². The van der Waals surface area contributed by atoms with Gasteiger partial charge in [-0.15, -0.1) is 0 Å². The summed E-state index contributed by atoms with van der Waals surface area (Å²) in [5, 5.41) is 0. The van der Waals surface area contributed by atoms with Gasteiger partial charge in [0.2, 0.25) is 0 Å². The Kier molecular flexibility index (Phi) is 6.60. The van der Waals surface area contributed by atoms with E-state index in [-0.39, 0.29) is 0 Å². The second-order valence-corrected chi connectivity index (χ2v) is 8.11. The van der Waals surface area contributed by atoms with Crippen molar-refractivity contribution in [2.24, 2.45) is 0 Å². The van der Waals surface area contributed by atoms with Crippen molar-refractivity contribution in [3.63, 3.8) is 0 Å². The summed E-state index contributed by atoms with van der Waals surface area (Å²) in [7, 11) is 0. The van der Waals surface area contributed by atoms with Crippen molar-refractivity contribution in [1.29, 1.82) is 0 Å². The predicted octanol–water partition coefficient (Wildman–Crippen LogP) is 6.78. The number of ether oxygens (including phenoxy) is 2. The van der Waals surface area contributed by atoms with Crippen molar-refractivity contribution in [1.82, 2.24) is 0 Å². The lowest BCUT2D eigenvalue weighted by atomic mass is 10.0. The first-order valence-corrected chi connectivity index (χ1v) is 10.8. The van der Waals surface area contributed by atoms with Gasteiger partial charge >= 0.3 is 0 Å². The van der Waals surface area contributed by atoms with Crippen LogP contribution >= 0.6 is 0 Å². The quantitative estimate of drug-likeness (QED) is 0.481. The van der Waals surface area contributed by atoms with Crippen LogP contribution in [0.25, 0.3) is 0 Å². The van der Waals surface area contributed by atoms with E-state index in [1.165, 1.54) is 68.9 Å². The van der Waals surface area contributed by atoms with Gasteiger partial charge in [0.25, 0.3) is 0 Å². The van der Waals surface area contributed by atoms with Gasteiger partial charge in [0.1, 0.15) is 0 Å². The van der Waals surface area contributed by atoms with Crippen LogP contribution in [0.3, 0.4) is 0 Å². The topological polar surface area (TPSA) is 18.5 Å². The van der Waals surface area contributed by atoms with E-state index < -0.39 is 0 Å². The average Bonchev–Trinajstić information content (AvgIpc) is 3.39. The van der Waals surface area contributed by atoms with E-state index in [0.717, 1.165) is 0 Å². The van der Waals surface area contributed by atoms with E-state index in [0.29, 0.717) is 24.4 Å². The first-order valence-electron chi connectivity index (χ1n) is 10.8. The number of rotatable bonds is 8. The van der Waals surface area contributed by atoms with Crippen LogP contribution in [0.2, 0.25) is 0 Å². The molecule has 27 heavy (non-hydrogen) atoms. The molecule has 2 heterocycles. The summed E-state index contributed by atoms with van der Waals surface area (Å²) in [6, 6.07) is 21.4. The van der Waals surface area contributed by atoms with Crippen LogP contribution in [0, 0.1) is 0 Å². The van der Waals surface area contributed by atoms with E-state index >= 15 is 0 Å². The van der Waals surface area contributed by atoms with E-state index in [1.54, 1.807) is 0 Å². The maximum absolute atomic E-state index is 6.27. The second kappa shape index (κ2) is 9.52. The van der Waals surface area contributed by atoms with E-state index in [1.807, 2.05) is 0 Å². The summed E-state index contributed by atoms with van der Waals surface area (Å²) in [5.41, 5.74) is 2.68. The molecular formula is C25H32O2. The highest BCUT2D eigenvalue weighted by Crippen LogP contribution is 2.36. The van der Waals surface area contributed by atoms with Gasteiger partial charge in [0.15, 0.2) is 0 Å². The van der Waals surface area contributed by atoms with E-state index in [4.69, 9.17) is 9.47 Å². The molecule has 2 heteroatoms. The lowest BCUT2D eigenvalue weighted by Gasteiger charge is -2.15. The summed E-state index contributed by atoms with van der Waals surface area (Å²) in [4.78, 5) is 0. The Bertz CT molecular complexity index is 610. The molecule has 0 saturated carbocycles. The van der Waals surface area contributed by atoms with Crippen molar-refractivity contribution >= 4 is 0 Å². The Morgan fingerprint density at radius 3 is 1.44 bits per heavy atom. The van der Waals surface area contributed by atoms with Crippen molar-refractivity contribution in [3.05, 3.63) is 71.8 Å². The van der Waals surface area contributed by atoms with Crippen molar-refractivity contribution in [2.45, 2.75) is 82.2 Å². The summed E-state index contributed by atoms with van der Waals surface area (Å²) < 4.78 is 12.5. The van der Waals surface area contributed by atoms with Crippen LogP contribution in [0.15, 0.2) is 60.7 Å². The summed E-state index contributed by atoms with van der Waals surface area (Å²) in [6.45, 7) is 0. The number of hydrogen-bond acceptors (Lipinski definition) is 2. The molecular weight excluding hydrogens is 332 g/mol. The normalized spacial score (nSPS) is 27.9. The van der Waals surface area contributed by atoms with Crippen LogP contribution in [-0.4, -0.2) is 12.2 Å². The van der Waals surface area contributed by atoms with Crippen molar-refractivity contribution in [2.75, 3.05) is 0 Å². The second-order valence-electron chi connectivity index (χ2n) is 8.11. The monoisotopic (exact) mass is 364 g/mol. The first-order chi connectivity index (χ1) is 13.4. The van der Waals surface area contributed by atoms with Crippen molar-refractivity contribution in [3.8, 4) is 0 Å². The third-order valence-corrected chi connectivity index (χ3v) is 6.11. The molecule has 2 aromatic carbocycles.